The molecule has 0 radical (unpaired) electrons. The first kappa shape index (κ1) is 9.21. The van der Waals surface area contributed by atoms with Crippen LogP contribution in [0.5, 0.6) is 0 Å². The molecule has 0 bridgehead atoms. The molecule has 2 rings (SSSR count). The van der Waals surface area contributed by atoms with Crippen molar-refractivity contribution in [1.82, 2.24) is 4.98 Å². The molecule has 0 aliphatic carbocycles. The lowest BCUT2D eigenvalue weighted by molar-refractivity contribution is -0.107. The van der Waals surface area contributed by atoms with Crippen molar-refractivity contribution in [2.24, 2.45) is 0 Å². The number of nitrogens with one attached hydrogen (secondary N) is 1. The molecule has 0 amide bonds. The molecular formula is C10H7ClFNO. The summed E-state index contributed by atoms with van der Waals surface area (Å²) >= 11 is 5.61. The molecule has 0 aliphatic rings. The van der Waals surface area contributed by atoms with Gasteiger partial charge >= 0.3 is 0 Å². The first-order chi connectivity index (χ1) is 6.72. The number of halogens is 2. The zero-order valence-corrected chi connectivity index (χ0v) is 7.94. The SMILES string of the molecule is O=CCc1c[nH]c2cc(Cl)c(F)cc12. The summed E-state index contributed by atoms with van der Waals surface area (Å²) in [5, 5.41) is 0.788. The number of carbonyl (C=O) groups excluding carboxylic acids is 1. The van der Waals surface area contributed by atoms with Gasteiger partial charge in [0.05, 0.1) is 5.02 Å². The van der Waals surface area contributed by atoms with E-state index in [0.29, 0.717) is 5.39 Å². The Morgan fingerprint density at radius 1 is 1.50 bits per heavy atom. The highest BCUT2D eigenvalue weighted by atomic mass is 35.5. The van der Waals surface area contributed by atoms with E-state index in [1.165, 1.54) is 12.1 Å². The summed E-state index contributed by atoms with van der Waals surface area (Å²) in [5.74, 6) is -0.467. The molecule has 0 aliphatic heterocycles. The van der Waals surface area contributed by atoms with Gasteiger partial charge in [0.15, 0.2) is 0 Å². The summed E-state index contributed by atoms with van der Waals surface area (Å²) in [5.41, 5.74) is 1.53. The van der Waals surface area contributed by atoms with Gasteiger partial charge in [0, 0.05) is 23.5 Å². The van der Waals surface area contributed by atoms with Crippen molar-refractivity contribution in [3.63, 3.8) is 0 Å². The molecule has 0 saturated carbocycles. The topological polar surface area (TPSA) is 32.9 Å². The second-order valence-electron chi connectivity index (χ2n) is 3.00. The van der Waals surface area contributed by atoms with E-state index in [2.05, 4.69) is 4.98 Å². The van der Waals surface area contributed by atoms with Crippen molar-refractivity contribution in [2.75, 3.05) is 0 Å². The minimum Gasteiger partial charge on any atom is -0.361 e. The van der Waals surface area contributed by atoms with Crippen LogP contribution in [-0.2, 0) is 11.2 Å². The standard InChI is InChI=1S/C10H7ClFNO/c11-8-4-10-7(3-9(8)12)6(1-2-14)5-13-10/h2-5,13H,1H2. The zero-order chi connectivity index (χ0) is 10.1. The summed E-state index contributed by atoms with van der Waals surface area (Å²) < 4.78 is 13.1. The summed E-state index contributed by atoms with van der Waals surface area (Å²) in [6.07, 6.45) is 2.75. The highest BCUT2D eigenvalue weighted by molar-refractivity contribution is 6.31. The van der Waals surface area contributed by atoms with E-state index in [1.54, 1.807) is 6.20 Å². The van der Waals surface area contributed by atoms with E-state index in [1.807, 2.05) is 0 Å². The number of aldehydes is 1. The zero-order valence-electron chi connectivity index (χ0n) is 7.18. The van der Waals surface area contributed by atoms with Gasteiger partial charge in [-0.15, -0.1) is 0 Å². The average Bonchev–Trinajstić information content (AvgIpc) is 2.51. The second-order valence-corrected chi connectivity index (χ2v) is 3.40. The maximum atomic E-state index is 13.1. The fraction of sp³-hybridized carbons (Fsp3) is 0.100. The molecule has 0 saturated heterocycles. The number of carbonyl (C=O) groups is 1. The van der Waals surface area contributed by atoms with Crippen LogP contribution in [0.25, 0.3) is 10.9 Å². The van der Waals surface area contributed by atoms with Crippen molar-refractivity contribution in [3.05, 3.63) is 34.7 Å². The van der Waals surface area contributed by atoms with Gasteiger partial charge in [-0.2, -0.15) is 0 Å². The number of fused-ring (bicyclic) bond motifs is 1. The molecular weight excluding hydrogens is 205 g/mol. The van der Waals surface area contributed by atoms with Crippen LogP contribution >= 0.6 is 11.6 Å². The number of benzene rings is 1. The maximum Gasteiger partial charge on any atom is 0.142 e. The van der Waals surface area contributed by atoms with Gasteiger partial charge in [0.2, 0.25) is 0 Å². The lowest BCUT2D eigenvalue weighted by Crippen LogP contribution is -1.83. The van der Waals surface area contributed by atoms with Crippen molar-refractivity contribution in [1.29, 1.82) is 0 Å². The van der Waals surface area contributed by atoms with Crippen LogP contribution in [-0.4, -0.2) is 11.3 Å². The molecule has 1 aromatic carbocycles. The second kappa shape index (κ2) is 3.42. The molecule has 1 aromatic heterocycles. The number of aromatic amines is 1. The largest absolute Gasteiger partial charge is 0.361 e. The Bertz CT molecular complexity index is 492. The first-order valence-electron chi connectivity index (χ1n) is 4.11. The molecule has 2 aromatic rings. The molecule has 0 fully saturated rings. The van der Waals surface area contributed by atoms with E-state index in [0.717, 1.165) is 17.4 Å². The summed E-state index contributed by atoms with van der Waals surface area (Å²) in [6, 6.07) is 2.85. The van der Waals surface area contributed by atoms with Gasteiger partial charge in [0.1, 0.15) is 12.1 Å². The predicted octanol–water partition coefficient (Wildman–Crippen LogP) is 2.70. The Kier molecular flexibility index (Phi) is 2.25. The molecule has 2 nitrogen and oxygen atoms in total. The smallest absolute Gasteiger partial charge is 0.142 e. The van der Waals surface area contributed by atoms with Gasteiger partial charge < -0.3 is 9.78 Å². The highest BCUT2D eigenvalue weighted by Gasteiger charge is 2.07. The van der Waals surface area contributed by atoms with Gasteiger partial charge in [-0.1, -0.05) is 11.6 Å². The Balaban J connectivity index is 2.67. The van der Waals surface area contributed by atoms with Crippen LogP contribution in [0.4, 0.5) is 4.39 Å². The lowest BCUT2D eigenvalue weighted by atomic mass is 10.1. The van der Waals surface area contributed by atoms with Crippen LogP contribution in [0.15, 0.2) is 18.3 Å². The summed E-state index contributed by atoms with van der Waals surface area (Å²) in [4.78, 5) is 13.3. The van der Waals surface area contributed by atoms with Gasteiger partial charge in [-0.25, -0.2) is 4.39 Å². The van der Waals surface area contributed by atoms with Crippen LogP contribution in [0, 0.1) is 5.82 Å². The lowest BCUT2D eigenvalue weighted by Gasteiger charge is -1.96. The molecule has 0 spiro atoms. The molecule has 1 heterocycles. The quantitative estimate of drug-likeness (QED) is 0.762. The van der Waals surface area contributed by atoms with Gasteiger partial charge in [-0.05, 0) is 17.7 Å². The van der Waals surface area contributed by atoms with E-state index in [4.69, 9.17) is 11.6 Å². The van der Waals surface area contributed by atoms with Gasteiger partial charge in [0.25, 0.3) is 0 Å². The van der Waals surface area contributed by atoms with Gasteiger partial charge in [-0.3, -0.25) is 0 Å². The Morgan fingerprint density at radius 3 is 3.00 bits per heavy atom. The molecule has 0 atom stereocenters. The van der Waals surface area contributed by atoms with E-state index < -0.39 is 5.82 Å². The minimum atomic E-state index is -0.467. The number of rotatable bonds is 2. The average molecular weight is 212 g/mol. The normalized spacial score (nSPS) is 10.7. The van der Waals surface area contributed by atoms with Crippen LogP contribution in [0.2, 0.25) is 5.02 Å². The number of aromatic nitrogens is 1. The van der Waals surface area contributed by atoms with Crippen LogP contribution in [0.1, 0.15) is 5.56 Å². The Hall–Kier alpha value is -1.35. The fourth-order valence-electron chi connectivity index (χ4n) is 1.43. The Morgan fingerprint density at radius 2 is 2.29 bits per heavy atom. The summed E-state index contributed by atoms with van der Waals surface area (Å²) in [7, 11) is 0. The number of H-pyrrole nitrogens is 1. The minimum absolute atomic E-state index is 0.0806. The third-order valence-corrected chi connectivity index (χ3v) is 2.40. The van der Waals surface area contributed by atoms with Crippen molar-refractivity contribution in [3.8, 4) is 0 Å². The highest BCUT2D eigenvalue weighted by Crippen LogP contribution is 2.24. The molecule has 4 heteroatoms. The monoisotopic (exact) mass is 211 g/mol. The van der Waals surface area contributed by atoms with Crippen LogP contribution < -0.4 is 0 Å². The van der Waals surface area contributed by atoms with Crippen molar-refractivity contribution in [2.45, 2.75) is 6.42 Å². The predicted molar refractivity (Wildman–Crippen MR) is 53.0 cm³/mol. The van der Waals surface area contributed by atoms with E-state index >= 15 is 0 Å². The maximum absolute atomic E-state index is 13.1. The number of hydrogen-bond acceptors (Lipinski definition) is 1. The molecule has 72 valence electrons. The van der Waals surface area contributed by atoms with E-state index in [-0.39, 0.29) is 11.4 Å². The third kappa shape index (κ3) is 1.40. The first-order valence-corrected chi connectivity index (χ1v) is 4.49. The van der Waals surface area contributed by atoms with Crippen molar-refractivity contribution >= 4 is 28.8 Å². The molecule has 14 heavy (non-hydrogen) atoms. The third-order valence-electron chi connectivity index (χ3n) is 2.11. The number of hydrogen-bond donors (Lipinski definition) is 1. The van der Waals surface area contributed by atoms with Crippen LogP contribution in [0.3, 0.4) is 0 Å². The van der Waals surface area contributed by atoms with E-state index in [9.17, 15) is 9.18 Å². The molecule has 0 unspecified atom stereocenters. The summed E-state index contributed by atoms with van der Waals surface area (Å²) in [6.45, 7) is 0. The molecule has 1 N–H and O–H groups in total. The van der Waals surface area contributed by atoms with Crippen molar-refractivity contribution < 1.29 is 9.18 Å². The Labute approximate surface area is 84.7 Å². The fourth-order valence-corrected chi connectivity index (χ4v) is 1.60.